The Morgan fingerprint density at radius 3 is 1.32 bits per heavy atom. The van der Waals surface area contributed by atoms with E-state index in [1.807, 2.05) is 0 Å². The van der Waals surface area contributed by atoms with Gasteiger partial charge in [0.15, 0.2) is 0 Å². The Labute approximate surface area is 262 Å². The van der Waals surface area contributed by atoms with Crippen molar-refractivity contribution >= 4 is 34.1 Å². The van der Waals surface area contributed by atoms with Crippen LogP contribution in [0, 0.1) is 41.5 Å². The van der Waals surface area contributed by atoms with Crippen molar-refractivity contribution in [2.75, 3.05) is 9.80 Å². The zero-order valence-electron chi connectivity index (χ0n) is 26.6. The highest BCUT2D eigenvalue weighted by molar-refractivity contribution is 5.83. The summed E-state index contributed by atoms with van der Waals surface area (Å²) in [6.45, 7) is 13.0. The zero-order valence-corrected chi connectivity index (χ0v) is 26.6. The quantitative estimate of drug-likeness (QED) is 0.188. The summed E-state index contributed by atoms with van der Waals surface area (Å²) >= 11 is 0. The highest BCUT2D eigenvalue weighted by Crippen LogP contribution is 2.41. The van der Waals surface area contributed by atoms with Crippen LogP contribution >= 0.6 is 0 Å². The first-order valence-electron chi connectivity index (χ1n) is 15.4. The number of anilines is 6. The van der Waals surface area contributed by atoms with Gasteiger partial charge in [-0.25, -0.2) is 0 Å². The van der Waals surface area contributed by atoms with Crippen LogP contribution in [-0.4, -0.2) is 0 Å². The number of aryl methyl sites for hydroxylation is 6. The average molecular weight is 573 g/mol. The van der Waals surface area contributed by atoms with E-state index in [-0.39, 0.29) is 0 Å². The molecule has 0 aromatic heterocycles. The first-order chi connectivity index (χ1) is 21.3. The van der Waals surface area contributed by atoms with Crippen LogP contribution in [0.1, 0.15) is 33.4 Å². The van der Waals surface area contributed by atoms with Gasteiger partial charge in [-0.15, -0.1) is 0 Å². The molecule has 0 spiro atoms. The topological polar surface area (TPSA) is 6.48 Å². The second-order valence-electron chi connectivity index (χ2n) is 12.0. The first kappa shape index (κ1) is 29.0. The van der Waals surface area contributed by atoms with E-state index in [1.54, 1.807) is 0 Å². The van der Waals surface area contributed by atoms with Crippen molar-refractivity contribution in [2.24, 2.45) is 0 Å². The van der Waals surface area contributed by atoms with Gasteiger partial charge < -0.3 is 9.80 Å². The van der Waals surface area contributed by atoms with Gasteiger partial charge in [0.2, 0.25) is 0 Å². The van der Waals surface area contributed by atoms with E-state index in [9.17, 15) is 0 Å². The average Bonchev–Trinajstić information content (AvgIpc) is 3.00. The van der Waals surface area contributed by atoms with Gasteiger partial charge in [0.1, 0.15) is 0 Å². The Balaban J connectivity index is 1.39. The van der Waals surface area contributed by atoms with Crippen LogP contribution in [0.2, 0.25) is 0 Å². The zero-order chi connectivity index (χ0) is 30.8. The van der Waals surface area contributed by atoms with Crippen LogP contribution in [0.3, 0.4) is 0 Å². The molecule has 0 aliphatic carbocycles. The lowest BCUT2D eigenvalue weighted by atomic mass is 9.96. The van der Waals surface area contributed by atoms with Crippen LogP contribution in [0.5, 0.6) is 0 Å². The Morgan fingerprint density at radius 2 is 0.841 bits per heavy atom. The molecule has 218 valence electrons. The normalized spacial score (nSPS) is 11.0. The van der Waals surface area contributed by atoms with Gasteiger partial charge in [0.05, 0.1) is 0 Å². The van der Waals surface area contributed by atoms with Crippen LogP contribution in [0.25, 0.3) is 11.1 Å². The van der Waals surface area contributed by atoms with Crippen LogP contribution in [-0.2, 0) is 0 Å². The van der Waals surface area contributed by atoms with Crippen molar-refractivity contribution < 1.29 is 0 Å². The van der Waals surface area contributed by atoms with Gasteiger partial charge in [-0.3, -0.25) is 0 Å². The lowest BCUT2D eigenvalue weighted by Crippen LogP contribution is -2.12. The Hall–Kier alpha value is -5.08. The highest BCUT2D eigenvalue weighted by Gasteiger charge is 2.17. The van der Waals surface area contributed by atoms with Crippen molar-refractivity contribution in [3.05, 3.63) is 167 Å². The molecule has 2 nitrogen and oxygen atoms in total. The van der Waals surface area contributed by atoms with E-state index in [2.05, 4.69) is 185 Å². The summed E-state index contributed by atoms with van der Waals surface area (Å²) in [5.74, 6) is 0. The Morgan fingerprint density at radius 1 is 0.341 bits per heavy atom. The maximum absolute atomic E-state index is 2.37. The van der Waals surface area contributed by atoms with E-state index in [0.29, 0.717) is 0 Å². The van der Waals surface area contributed by atoms with Gasteiger partial charge in [-0.2, -0.15) is 0 Å². The summed E-state index contributed by atoms with van der Waals surface area (Å²) in [6.07, 6.45) is 0. The molecule has 6 aromatic rings. The van der Waals surface area contributed by atoms with Gasteiger partial charge in [0.25, 0.3) is 0 Å². The molecule has 0 atom stereocenters. The smallest absolute Gasteiger partial charge is 0.0491 e. The first-order valence-corrected chi connectivity index (χ1v) is 15.4. The molecule has 0 bridgehead atoms. The number of benzene rings is 6. The lowest BCUT2D eigenvalue weighted by molar-refractivity contribution is 1.23. The van der Waals surface area contributed by atoms with Gasteiger partial charge in [-0.05, 0) is 148 Å². The molecule has 0 radical (unpaired) electrons. The molecule has 0 amide bonds. The van der Waals surface area contributed by atoms with Crippen molar-refractivity contribution in [1.82, 2.24) is 0 Å². The molecule has 0 saturated carbocycles. The van der Waals surface area contributed by atoms with Crippen LogP contribution in [0.4, 0.5) is 34.1 Å². The number of rotatable bonds is 7. The third-order valence-electron chi connectivity index (χ3n) is 8.32. The number of nitrogens with zero attached hydrogens (tertiary/aromatic N) is 2. The highest BCUT2D eigenvalue weighted by atomic mass is 15.1. The molecule has 0 saturated heterocycles. The van der Waals surface area contributed by atoms with E-state index in [0.717, 1.165) is 17.1 Å². The maximum atomic E-state index is 2.37. The minimum Gasteiger partial charge on any atom is -0.310 e. The molecule has 0 fully saturated rings. The maximum Gasteiger partial charge on any atom is 0.0491 e. The van der Waals surface area contributed by atoms with Gasteiger partial charge in [-0.1, -0.05) is 71.8 Å². The number of hydrogen-bond donors (Lipinski definition) is 0. The molecule has 0 aliphatic rings. The SMILES string of the molecule is Cc1ccc(N(c2ccc(C)cc2)c2ccc(-c3ccc(N(c4cccc(C)c4)c4cccc(C)c4)c(C)c3)c(C)c2)cc1. The van der Waals surface area contributed by atoms with Crippen molar-refractivity contribution in [3.63, 3.8) is 0 Å². The molecule has 44 heavy (non-hydrogen) atoms. The predicted molar refractivity (Wildman–Crippen MR) is 190 cm³/mol. The van der Waals surface area contributed by atoms with E-state index in [4.69, 9.17) is 0 Å². The molecule has 2 heteroatoms. The molecular weight excluding hydrogens is 532 g/mol. The van der Waals surface area contributed by atoms with Gasteiger partial charge in [0, 0.05) is 34.1 Å². The summed E-state index contributed by atoms with van der Waals surface area (Å²) in [4.78, 5) is 4.71. The summed E-state index contributed by atoms with van der Waals surface area (Å²) in [7, 11) is 0. The molecule has 6 aromatic carbocycles. The van der Waals surface area contributed by atoms with E-state index < -0.39 is 0 Å². The summed E-state index contributed by atoms with van der Waals surface area (Å²) < 4.78 is 0. The number of hydrogen-bond acceptors (Lipinski definition) is 2. The van der Waals surface area contributed by atoms with Crippen molar-refractivity contribution in [3.8, 4) is 11.1 Å². The van der Waals surface area contributed by atoms with Crippen molar-refractivity contribution in [1.29, 1.82) is 0 Å². The van der Waals surface area contributed by atoms with Crippen LogP contribution in [0.15, 0.2) is 133 Å². The summed E-state index contributed by atoms with van der Waals surface area (Å²) in [5, 5.41) is 0. The summed E-state index contributed by atoms with van der Waals surface area (Å²) in [6, 6.07) is 48.7. The fourth-order valence-electron chi connectivity index (χ4n) is 5.98. The van der Waals surface area contributed by atoms with E-state index >= 15 is 0 Å². The van der Waals surface area contributed by atoms with Crippen molar-refractivity contribution in [2.45, 2.75) is 41.5 Å². The Bertz CT molecular complexity index is 1830. The lowest BCUT2D eigenvalue weighted by Gasteiger charge is -2.28. The fourth-order valence-corrected chi connectivity index (χ4v) is 5.98. The largest absolute Gasteiger partial charge is 0.310 e. The third kappa shape index (κ3) is 6.02. The second-order valence-corrected chi connectivity index (χ2v) is 12.0. The summed E-state index contributed by atoms with van der Waals surface area (Å²) in [5.41, 5.74) is 16.9. The van der Waals surface area contributed by atoms with Crippen LogP contribution < -0.4 is 9.80 Å². The molecule has 0 aliphatic heterocycles. The van der Waals surface area contributed by atoms with Gasteiger partial charge >= 0.3 is 0 Å². The molecule has 6 rings (SSSR count). The van der Waals surface area contributed by atoms with E-state index in [1.165, 1.54) is 61.6 Å². The minimum atomic E-state index is 1.15. The standard InChI is InChI=1S/C42H40N2/c1-29-13-18-36(19-14-29)43(37-20-15-30(2)16-21-37)40-22-23-41(33(5)28-40)35-17-24-42(34(6)27-35)44(38-11-7-9-31(3)25-38)39-12-8-10-32(4)26-39/h7-28H,1-6H3. The predicted octanol–water partition coefficient (Wildman–Crippen LogP) is 12.1. The molecule has 0 unspecified atom stereocenters. The molecular formula is C42H40N2. The second kappa shape index (κ2) is 12.3. The molecule has 0 heterocycles. The fraction of sp³-hybridized carbons (Fsp3) is 0.143. The molecule has 0 N–H and O–H groups in total. The minimum absolute atomic E-state index is 1.15. The third-order valence-corrected chi connectivity index (χ3v) is 8.32. The monoisotopic (exact) mass is 572 g/mol. The Kier molecular flexibility index (Phi) is 8.09.